The smallest absolute Gasteiger partial charge is 0.247 e. The second-order valence-electron chi connectivity index (χ2n) is 10.2. The summed E-state index contributed by atoms with van der Waals surface area (Å²) in [5, 5.41) is 15.1. The van der Waals surface area contributed by atoms with Crippen LogP contribution < -0.4 is 15.1 Å². The summed E-state index contributed by atoms with van der Waals surface area (Å²) in [6, 6.07) is 21.2. The highest BCUT2D eigenvalue weighted by molar-refractivity contribution is 5.87. The van der Waals surface area contributed by atoms with Gasteiger partial charge in [0.1, 0.15) is 18.1 Å². The van der Waals surface area contributed by atoms with Gasteiger partial charge in [0.2, 0.25) is 5.91 Å². The molecule has 0 aliphatic carbocycles. The number of nitrogens with one attached hydrogen (secondary N) is 1. The quantitative estimate of drug-likeness (QED) is 0.423. The Labute approximate surface area is 224 Å². The van der Waals surface area contributed by atoms with Gasteiger partial charge in [-0.1, -0.05) is 48.5 Å². The molecule has 2 N–H and O–H groups in total. The Hall–Kier alpha value is -3.42. The average Bonchev–Trinajstić information content (AvgIpc) is 2.93. The van der Waals surface area contributed by atoms with Crippen molar-refractivity contribution < 1.29 is 19.0 Å². The first kappa shape index (κ1) is 26.2. The van der Waals surface area contributed by atoms with Crippen molar-refractivity contribution in [3.63, 3.8) is 0 Å². The van der Waals surface area contributed by atoms with E-state index in [1.165, 1.54) is 17.7 Å². The van der Waals surface area contributed by atoms with Crippen molar-refractivity contribution in [2.75, 3.05) is 36.1 Å². The third-order valence-electron chi connectivity index (χ3n) is 7.59. The zero-order valence-corrected chi connectivity index (χ0v) is 21.9. The Bertz CT molecular complexity index is 1250. The van der Waals surface area contributed by atoms with E-state index >= 15 is 0 Å². The predicted octanol–water partition coefficient (Wildman–Crippen LogP) is 4.75. The lowest BCUT2D eigenvalue weighted by molar-refractivity contribution is -0.124. The van der Waals surface area contributed by atoms with E-state index in [2.05, 4.69) is 22.3 Å². The van der Waals surface area contributed by atoms with Gasteiger partial charge in [-0.25, -0.2) is 4.39 Å². The predicted molar refractivity (Wildman–Crippen MR) is 148 cm³/mol. The molecule has 1 saturated heterocycles. The normalized spacial score (nSPS) is 17.4. The Balaban J connectivity index is 1.54. The number of hydrogen-bond donors (Lipinski definition) is 2. The van der Waals surface area contributed by atoms with Gasteiger partial charge in [0.25, 0.3) is 0 Å². The molecule has 2 heterocycles. The Morgan fingerprint density at radius 1 is 1.11 bits per heavy atom. The van der Waals surface area contributed by atoms with Crippen molar-refractivity contribution in [1.29, 1.82) is 0 Å². The van der Waals surface area contributed by atoms with Gasteiger partial charge in [-0.3, -0.25) is 4.79 Å². The van der Waals surface area contributed by atoms with Crippen LogP contribution in [0.3, 0.4) is 0 Å². The maximum absolute atomic E-state index is 14.5. The molecule has 38 heavy (non-hydrogen) atoms. The Morgan fingerprint density at radius 3 is 2.66 bits per heavy atom. The molecule has 0 saturated carbocycles. The molecular formula is C31H36FN3O3. The first-order chi connectivity index (χ1) is 18.5. The molecule has 2 aliphatic heterocycles. The summed E-state index contributed by atoms with van der Waals surface area (Å²) in [6.45, 7) is 4.24. The zero-order chi connectivity index (χ0) is 26.5. The largest absolute Gasteiger partial charge is 0.381 e. The van der Waals surface area contributed by atoms with Gasteiger partial charge in [-0.05, 0) is 73.6 Å². The number of halogens is 1. The highest BCUT2D eigenvalue weighted by atomic mass is 19.1. The molecule has 1 fully saturated rings. The number of β-amino-alcohol motifs (C(OH)–C–C–N with tert-alkyl or cyclic N) is 1. The fraction of sp³-hybridized carbons (Fsp3) is 0.387. The Morgan fingerprint density at radius 2 is 1.87 bits per heavy atom. The van der Waals surface area contributed by atoms with Crippen LogP contribution in [0.25, 0.3) is 0 Å². The standard InChI is InChI=1S/C31H36FN3O3/c1-22-8-2-4-13-27(22)30(31(37)33-25-15-18-38-19-16-25)35(26-12-6-11-24(32)20-26)29(36)21-34-17-7-10-23-9-3-5-14-28(23)34/h2-6,8-9,11-14,20,25,29-30,36H,7,10,15-19,21H2,1H3,(H,33,37). The highest BCUT2D eigenvalue weighted by Gasteiger charge is 2.36. The number of amides is 1. The van der Waals surface area contributed by atoms with E-state index < -0.39 is 18.1 Å². The van der Waals surface area contributed by atoms with Crippen LogP contribution in [-0.4, -0.2) is 49.6 Å². The van der Waals surface area contributed by atoms with Crippen LogP contribution in [0.2, 0.25) is 0 Å². The lowest BCUT2D eigenvalue weighted by atomic mass is 9.96. The molecule has 0 radical (unpaired) electrons. The monoisotopic (exact) mass is 517 g/mol. The first-order valence-electron chi connectivity index (χ1n) is 13.5. The molecule has 0 spiro atoms. The molecule has 200 valence electrons. The number of benzene rings is 3. The van der Waals surface area contributed by atoms with E-state index in [-0.39, 0.29) is 18.5 Å². The first-order valence-corrected chi connectivity index (χ1v) is 13.5. The summed E-state index contributed by atoms with van der Waals surface area (Å²) in [7, 11) is 0. The molecule has 7 heteroatoms. The van der Waals surface area contributed by atoms with Gasteiger partial charge < -0.3 is 25.0 Å². The minimum absolute atomic E-state index is 0.0109. The van der Waals surface area contributed by atoms with E-state index in [0.717, 1.165) is 49.0 Å². The van der Waals surface area contributed by atoms with Gasteiger partial charge in [-0.15, -0.1) is 0 Å². The molecule has 3 aromatic rings. The molecule has 0 aromatic heterocycles. The van der Waals surface area contributed by atoms with Crippen LogP contribution in [0.4, 0.5) is 15.8 Å². The second-order valence-corrected chi connectivity index (χ2v) is 10.2. The number of aliphatic hydroxyl groups excluding tert-OH is 1. The van der Waals surface area contributed by atoms with Crippen molar-refractivity contribution in [2.45, 2.75) is 50.9 Å². The van der Waals surface area contributed by atoms with Crippen LogP contribution in [0, 0.1) is 12.7 Å². The summed E-state index contributed by atoms with van der Waals surface area (Å²) >= 11 is 0. The Kier molecular flexibility index (Phi) is 8.25. The maximum Gasteiger partial charge on any atom is 0.247 e. The van der Waals surface area contributed by atoms with Crippen molar-refractivity contribution in [3.05, 3.63) is 95.3 Å². The number of aryl methyl sites for hydroxylation is 2. The van der Waals surface area contributed by atoms with Crippen LogP contribution >= 0.6 is 0 Å². The number of ether oxygens (including phenoxy) is 1. The average molecular weight is 518 g/mol. The van der Waals surface area contributed by atoms with Crippen LogP contribution in [0.15, 0.2) is 72.8 Å². The zero-order valence-electron chi connectivity index (χ0n) is 21.9. The summed E-state index contributed by atoms with van der Waals surface area (Å²) in [5.41, 5.74) is 4.50. The van der Waals surface area contributed by atoms with E-state index in [1.807, 2.05) is 43.3 Å². The van der Waals surface area contributed by atoms with Gasteiger partial charge in [0.05, 0.1) is 6.54 Å². The summed E-state index contributed by atoms with van der Waals surface area (Å²) in [4.78, 5) is 17.9. The van der Waals surface area contributed by atoms with E-state index in [0.29, 0.717) is 18.9 Å². The molecule has 3 aromatic carbocycles. The SMILES string of the molecule is Cc1ccccc1C(C(=O)NC1CCOCC1)N(c1cccc(F)c1)C(O)CN1CCCc2ccccc21. The summed E-state index contributed by atoms with van der Waals surface area (Å²) in [5.74, 6) is -0.634. The molecule has 0 bridgehead atoms. The van der Waals surface area contributed by atoms with Gasteiger partial charge in [0, 0.05) is 37.2 Å². The minimum Gasteiger partial charge on any atom is -0.381 e. The molecule has 2 aliphatic rings. The van der Waals surface area contributed by atoms with E-state index in [9.17, 15) is 14.3 Å². The number of hydrogen-bond acceptors (Lipinski definition) is 5. The number of rotatable bonds is 8. The molecule has 1 amide bonds. The third kappa shape index (κ3) is 5.84. The second kappa shape index (κ2) is 12.0. The van der Waals surface area contributed by atoms with E-state index in [4.69, 9.17) is 4.74 Å². The molecule has 2 unspecified atom stereocenters. The third-order valence-corrected chi connectivity index (χ3v) is 7.59. The lowest BCUT2D eigenvalue weighted by Crippen LogP contribution is -2.52. The summed E-state index contributed by atoms with van der Waals surface area (Å²) in [6.07, 6.45) is 2.37. The molecule has 6 nitrogen and oxygen atoms in total. The highest BCUT2D eigenvalue weighted by Crippen LogP contribution is 2.34. The number of aliphatic hydroxyl groups is 1. The van der Waals surface area contributed by atoms with Gasteiger partial charge in [-0.2, -0.15) is 0 Å². The minimum atomic E-state index is -1.08. The molecule has 2 atom stereocenters. The number of anilines is 2. The van der Waals surface area contributed by atoms with Crippen molar-refractivity contribution in [3.8, 4) is 0 Å². The van der Waals surface area contributed by atoms with Gasteiger partial charge in [0.15, 0.2) is 0 Å². The number of carbonyl (C=O) groups excluding carboxylic acids is 1. The van der Waals surface area contributed by atoms with Crippen molar-refractivity contribution >= 4 is 17.3 Å². The lowest BCUT2D eigenvalue weighted by Gasteiger charge is -2.41. The molecule has 5 rings (SSSR count). The maximum atomic E-state index is 14.5. The number of carbonyl (C=O) groups is 1. The van der Waals surface area contributed by atoms with Crippen LogP contribution in [0.1, 0.15) is 42.0 Å². The van der Waals surface area contributed by atoms with Crippen LogP contribution in [-0.2, 0) is 16.0 Å². The fourth-order valence-corrected chi connectivity index (χ4v) is 5.65. The van der Waals surface area contributed by atoms with E-state index in [1.54, 1.807) is 17.0 Å². The van der Waals surface area contributed by atoms with Crippen molar-refractivity contribution in [2.24, 2.45) is 0 Å². The topological polar surface area (TPSA) is 65.0 Å². The van der Waals surface area contributed by atoms with Gasteiger partial charge >= 0.3 is 0 Å². The van der Waals surface area contributed by atoms with Crippen LogP contribution in [0.5, 0.6) is 0 Å². The summed E-state index contributed by atoms with van der Waals surface area (Å²) < 4.78 is 20.0. The number of nitrogens with zero attached hydrogens (tertiary/aromatic N) is 2. The number of para-hydroxylation sites is 1. The molecular weight excluding hydrogens is 481 g/mol. The number of fused-ring (bicyclic) bond motifs is 1. The van der Waals surface area contributed by atoms with Crippen molar-refractivity contribution in [1.82, 2.24) is 5.32 Å². The fourth-order valence-electron chi connectivity index (χ4n) is 5.65.